The second kappa shape index (κ2) is 10.3. The van der Waals surface area contributed by atoms with Gasteiger partial charge in [0.25, 0.3) is 0 Å². The zero-order valence-corrected chi connectivity index (χ0v) is 16.6. The lowest BCUT2D eigenvalue weighted by Gasteiger charge is -2.20. The molecule has 1 aromatic carbocycles. The van der Waals surface area contributed by atoms with E-state index >= 15 is 0 Å². The Hall–Kier alpha value is -1.95. The SMILES string of the molecule is CCNC(=NCCC(=O)NC(C)C)NC1CCN(c2cccc(Cl)c2)C1. The average Bonchev–Trinajstić information content (AvgIpc) is 3.03. The first kappa shape index (κ1) is 20.4. The number of halogens is 1. The quantitative estimate of drug-likeness (QED) is 0.502. The van der Waals surface area contributed by atoms with Crippen LogP contribution in [-0.4, -0.2) is 50.1 Å². The van der Waals surface area contributed by atoms with Crippen molar-refractivity contribution in [1.29, 1.82) is 0 Å². The van der Waals surface area contributed by atoms with E-state index in [1.54, 1.807) is 0 Å². The van der Waals surface area contributed by atoms with Crippen LogP contribution in [0.25, 0.3) is 0 Å². The average molecular weight is 380 g/mol. The molecule has 1 aromatic rings. The number of hydrogen-bond donors (Lipinski definition) is 3. The van der Waals surface area contributed by atoms with Crippen molar-refractivity contribution in [3.05, 3.63) is 29.3 Å². The Bertz CT molecular complexity index is 620. The van der Waals surface area contributed by atoms with E-state index in [4.69, 9.17) is 11.6 Å². The highest BCUT2D eigenvalue weighted by atomic mass is 35.5. The molecule has 1 aliphatic heterocycles. The molecular weight excluding hydrogens is 350 g/mol. The van der Waals surface area contributed by atoms with Gasteiger partial charge in [0.2, 0.25) is 5.91 Å². The van der Waals surface area contributed by atoms with E-state index in [9.17, 15) is 4.79 Å². The van der Waals surface area contributed by atoms with Gasteiger partial charge in [-0.25, -0.2) is 0 Å². The van der Waals surface area contributed by atoms with E-state index in [1.807, 2.05) is 39.0 Å². The molecule has 1 fully saturated rings. The predicted octanol–water partition coefficient (Wildman–Crippen LogP) is 2.39. The first-order valence-electron chi connectivity index (χ1n) is 9.32. The van der Waals surface area contributed by atoms with Crippen molar-refractivity contribution >= 4 is 29.2 Å². The molecule has 0 bridgehead atoms. The minimum Gasteiger partial charge on any atom is -0.369 e. The highest BCUT2D eigenvalue weighted by molar-refractivity contribution is 6.30. The predicted molar refractivity (Wildman–Crippen MR) is 109 cm³/mol. The molecule has 26 heavy (non-hydrogen) atoms. The van der Waals surface area contributed by atoms with Crippen LogP contribution in [0.15, 0.2) is 29.3 Å². The summed E-state index contributed by atoms with van der Waals surface area (Å²) in [5, 5.41) is 10.4. The molecular formula is C19H30ClN5O. The van der Waals surface area contributed by atoms with Gasteiger partial charge in [0, 0.05) is 48.8 Å². The monoisotopic (exact) mass is 379 g/mol. The number of carbonyl (C=O) groups is 1. The Balaban J connectivity index is 1.85. The van der Waals surface area contributed by atoms with Crippen LogP contribution in [0.3, 0.4) is 0 Å². The lowest BCUT2D eigenvalue weighted by atomic mass is 10.2. The van der Waals surface area contributed by atoms with Gasteiger partial charge in [0.15, 0.2) is 5.96 Å². The molecule has 0 saturated carbocycles. The van der Waals surface area contributed by atoms with Gasteiger partial charge < -0.3 is 20.9 Å². The zero-order chi connectivity index (χ0) is 18.9. The van der Waals surface area contributed by atoms with Gasteiger partial charge in [-0.3, -0.25) is 9.79 Å². The first-order chi connectivity index (χ1) is 12.5. The summed E-state index contributed by atoms with van der Waals surface area (Å²) >= 11 is 6.10. The van der Waals surface area contributed by atoms with Crippen LogP contribution >= 0.6 is 11.6 Å². The number of benzene rings is 1. The van der Waals surface area contributed by atoms with E-state index in [0.29, 0.717) is 19.0 Å². The van der Waals surface area contributed by atoms with Gasteiger partial charge in [0.1, 0.15) is 0 Å². The molecule has 0 aliphatic carbocycles. The summed E-state index contributed by atoms with van der Waals surface area (Å²) in [6.45, 7) is 9.09. The Labute approximate surface area is 161 Å². The third kappa shape index (κ3) is 6.75. The van der Waals surface area contributed by atoms with Crippen LogP contribution in [0.2, 0.25) is 5.02 Å². The molecule has 1 aliphatic rings. The van der Waals surface area contributed by atoms with Gasteiger partial charge in [0.05, 0.1) is 6.54 Å². The van der Waals surface area contributed by atoms with Crippen LogP contribution in [0.4, 0.5) is 5.69 Å². The third-order valence-electron chi connectivity index (χ3n) is 4.11. The summed E-state index contributed by atoms with van der Waals surface area (Å²) in [5.41, 5.74) is 1.15. The number of hydrogen-bond acceptors (Lipinski definition) is 3. The number of carbonyl (C=O) groups excluding carboxylic acids is 1. The Kier molecular flexibility index (Phi) is 8.04. The summed E-state index contributed by atoms with van der Waals surface area (Å²) in [4.78, 5) is 18.6. The minimum atomic E-state index is 0.0348. The first-order valence-corrected chi connectivity index (χ1v) is 9.70. The molecule has 0 aromatic heterocycles. The largest absolute Gasteiger partial charge is 0.369 e. The van der Waals surface area contributed by atoms with Crippen LogP contribution in [0.1, 0.15) is 33.6 Å². The smallest absolute Gasteiger partial charge is 0.222 e. The summed E-state index contributed by atoms with van der Waals surface area (Å²) in [6, 6.07) is 8.43. The van der Waals surface area contributed by atoms with Crippen molar-refractivity contribution in [1.82, 2.24) is 16.0 Å². The van der Waals surface area contributed by atoms with Crippen molar-refractivity contribution in [3.8, 4) is 0 Å². The zero-order valence-electron chi connectivity index (χ0n) is 15.9. The van der Waals surface area contributed by atoms with Crippen molar-refractivity contribution in [3.63, 3.8) is 0 Å². The maximum absolute atomic E-state index is 11.7. The van der Waals surface area contributed by atoms with Crippen LogP contribution < -0.4 is 20.9 Å². The van der Waals surface area contributed by atoms with E-state index in [2.05, 4.69) is 31.9 Å². The Morgan fingerprint density at radius 3 is 2.92 bits per heavy atom. The summed E-state index contributed by atoms with van der Waals surface area (Å²) in [5.74, 6) is 0.801. The number of nitrogens with one attached hydrogen (secondary N) is 3. The van der Waals surface area contributed by atoms with E-state index in [0.717, 1.165) is 42.7 Å². The number of amides is 1. The molecule has 144 valence electrons. The molecule has 1 heterocycles. The van der Waals surface area contributed by atoms with Crippen molar-refractivity contribution in [2.75, 3.05) is 31.1 Å². The third-order valence-corrected chi connectivity index (χ3v) is 4.34. The summed E-state index contributed by atoms with van der Waals surface area (Å²) < 4.78 is 0. The fourth-order valence-electron chi connectivity index (χ4n) is 2.96. The van der Waals surface area contributed by atoms with Gasteiger partial charge >= 0.3 is 0 Å². The fraction of sp³-hybridized carbons (Fsp3) is 0.579. The second-order valence-corrected chi connectivity index (χ2v) is 7.23. The van der Waals surface area contributed by atoms with Gasteiger partial charge in [-0.1, -0.05) is 17.7 Å². The van der Waals surface area contributed by atoms with Gasteiger partial charge in [-0.2, -0.15) is 0 Å². The lowest BCUT2D eigenvalue weighted by molar-refractivity contribution is -0.121. The summed E-state index contributed by atoms with van der Waals surface area (Å²) in [6.07, 6.45) is 1.43. The number of rotatable bonds is 7. The summed E-state index contributed by atoms with van der Waals surface area (Å²) in [7, 11) is 0. The van der Waals surface area contributed by atoms with Crippen LogP contribution in [-0.2, 0) is 4.79 Å². The topological polar surface area (TPSA) is 68.8 Å². The van der Waals surface area contributed by atoms with E-state index in [1.165, 1.54) is 0 Å². The molecule has 3 N–H and O–H groups in total. The Morgan fingerprint density at radius 2 is 2.23 bits per heavy atom. The van der Waals surface area contributed by atoms with Crippen LogP contribution in [0.5, 0.6) is 0 Å². The number of nitrogens with zero attached hydrogens (tertiary/aromatic N) is 2. The van der Waals surface area contributed by atoms with Crippen molar-refractivity contribution < 1.29 is 4.79 Å². The molecule has 6 nitrogen and oxygen atoms in total. The highest BCUT2D eigenvalue weighted by Gasteiger charge is 2.23. The molecule has 0 spiro atoms. The molecule has 7 heteroatoms. The minimum absolute atomic E-state index is 0.0348. The molecule has 1 saturated heterocycles. The maximum atomic E-state index is 11.7. The standard InChI is InChI=1S/C19H30ClN5O/c1-4-21-19(22-10-8-18(26)23-14(2)3)24-16-9-11-25(13-16)17-7-5-6-15(20)12-17/h5-7,12,14,16H,4,8-11,13H2,1-3H3,(H,23,26)(H2,21,22,24). The second-order valence-electron chi connectivity index (χ2n) is 6.79. The molecule has 1 atom stereocenters. The fourth-order valence-corrected chi connectivity index (χ4v) is 3.15. The van der Waals surface area contributed by atoms with Gasteiger partial charge in [-0.05, 0) is 45.4 Å². The van der Waals surface area contributed by atoms with E-state index in [-0.39, 0.29) is 11.9 Å². The van der Waals surface area contributed by atoms with Crippen molar-refractivity contribution in [2.45, 2.75) is 45.7 Å². The molecule has 1 unspecified atom stereocenters. The Morgan fingerprint density at radius 1 is 1.42 bits per heavy atom. The van der Waals surface area contributed by atoms with Gasteiger partial charge in [-0.15, -0.1) is 0 Å². The molecule has 2 rings (SSSR count). The molecule has 0 radical (unpaired) electrons. The lowest BCUT2D eigenvalue weighted by Crippen LogP contribution is -2.44. The van der Waals surface area contributed by atoms with Crippen LogP contribution in [0, 0.1) is 0 Å². The van der Waals surface area contributed by atoms with Crippen molar-refractivity contribution in [2.24, 2.45) is 4.99 Å². The normalized spacial score (nSPS) is 17.5. The molecule has 1 amide bonds. The number of aliphatic imine (C=N–C) groups is 1. The number of guanidine groups is 1. The highest BCUT2D eigenvalue weighted by Crippen LogP contribution is 2.23. The number of anilines is 1. The maximum Gasteiger partial charge on any atom is 0.222 e. The van der Waals surface area contributed by atoms with E-state index < -0.39 is 0 Å².